The van der Waals surface area contributed by atoms with Crippen molar-refractivity contribution in [2.24, 2.45) is 0 Å². The molecule has 0 aliphatic rings. The number of aryl methyl sites for hydroxylation is 1. The van der Waals surface area contributed by atoms with Crippen LogP contribution in [0.2, 0.25) is 5.02 Å². The molecule has 0 amide bonds. The molecule has 0 aliphatic carbocycles. The zero-order valence-electron chi connectivity index (χ0n) is 10.6. The van der Waals surface area contributed by atoms with Crippen LogP contribution >= 0.6 is 11.6 Å². The van der Waals surface area contributed by atoms with Gasteiger partial charge in [0.1, 0.15) is 11.5 Å². The predicted molar refractivity (Wildman–Crippen MR) is 71.6 cm³/mol. The Morgan fingerprint density at radius 1 is 1.44 bits per heavy atom. The molecule has 0 unspecified atom stereocenters. The maximum Gasteiger partial charge on any atom is 0.294 e. The van der Waals surface area contributed by atoms with E-state index in [1.165, 1.54) is 0 Å². The lowest BCUT2D eigenvalue weighted by Gasteiger charge is -2.07. The first-order chi connectivity index (χ1) is 8.63. The van der Waals surface area contributed by atoms with E-state index >= 15 is 0 Å². The molecule has 0 fully saturated rings. The largest absolute Gasteiger partial charge is 0.496 e. The number of nitrogens with zero attached hydrogens (tertiary/aromatic N) is 1. The van der Waals surface area contributed by atoms with E-state index in [0.717, 1.165) is 22.8 Å². The van der Waals surface area contributed by atoms with Crippen molar-refractivity contribution in [2.45, 2.75) is 13.3 Å². The minimum Gasteiger partial charge on any atom is -0.496 e. The number of hydrogen-bond donors (Lipinski definition) is 1. The molecule has 0 radical (unpaired) electrons. The predicted octanol–water partition coefficient (Wildman–Crippen LogP) is 3.28. The number of aromatic nitrogens is 1. The number of oxazole rings is 1. The third-order valence-corrected chi connectivity index (χ3v) is 2.94. The van der Waals surface area contributed by atoms with Crippen LogP contribution in [0, 0.1) is 6.92 Å². The van der Waals surface area contributed by atoms with Gasteiger partial charge in [-0.05, 0) is 25.1 Å². The molecule has 0 spiro atoms. The number of benzene rings is 1. The molecule has 0 atom stereocenters. The second-order valence-electron chi connectivity index (χ2n) is 3.91. The second-order valence-corrected chi connectivity index (χ2v) is 4.35. The van der Waals surface area contributed by atoms with E-state index in [4.69, 9.17) is 20.8 Å². The Morgan fingerprint density at radius 2 is 2.22 bits per heavy atom. The normalized spacial score (nSPS) is 10.4. The summed E-state index contributed by atoms with van der Waals surface area (Å²) in [6.07, 6.45) is 0.601. The highest BCUT2D eigenvalue weighted by atomic mass is 35.5. The van der Waals surface area contributed by atoms with Gasteiger partial charge in [0.25, 0.3) is 6.01 Å². The smallest absolute Gasteiger partial charge is 0.294 e. The first kappa shape index (κ1) is 12.8. The fraction of sp³-hybridized carbons (Fsp3) is 0.308. The van der Waals surface area contributed by atoms with Crippen LogP contribution in [0.15, 0.2) is 22.6 Å². The average molecular weight is 267 g/mol. The van der Waals surface area contributed by atoms with Crippen LogP contribution in [0.25, 0.3) is 0 Å². The first-order valence-electron chi connectivity index (χ1n) is 5.60. The minimum atomic E-state index is 0.517. The third-order valence-electron chi connectivity index (χ3n) is 2.70. The zero-order chi connectivity index (χ0) is 13.1. The summed E-state index contributed by atoms with van der Waals surface area (Å²) in [5.41, 5.74) is 1.84. The summed E-state index contributed by atoms with van der Waals surface area (Å²) in [5, 5.41) is 3.56. The maximum absolute atomic E-state index is 6.00. The van der Waals surface area contributed by atoms with E-state index in [9.17, 15) is 0 Å². The SMILES string of the molecule is CNc1nc(C)c(Cc2cc(Cl)ccc2OC)o1. The number of rotatable bonds is 4. The van der Waals surface area contributed by atoms with Gasteiger partial charge >= 0.3 is 0 Å². The van der Waals surface area contributed by atoms with Gasteiger partial charge in [0.05, 0.1) is 12.8 Å². The van der Waals surface area contributed by atoms with Crippen LogP contribution in [-0.2, 0) is 6.42 Å². The van der Waals surface area contributed by atoms with Crippen molar-refractivity contribution >= 4 is 17.6 Å². The Bertz CT molecular complexity index is 552. The summed E-state index contributed by atoms with van der Waals surface area (Å²) in [4.78, 5) is 4.25. The Kier molecular flexibility index (Phi) is 3.77. The van der Waals surface area contributed by atoms with E-state index in [2.05, 4.69) is 10.3 Å². The van der Waals surface area contributed by atoms with Crippen molar-refractivity contribution in [1.82, 2.24) is 4.98 Å². The van der Waals surface area contributed by atoms with Gasteiger partial charge in [-0.25, -0.2) is 0 Å². The highest BCUT2D eigenvalue weighted by Crippen LogP contribution is 2.27. The number of anilines is 1. The van der Waals surface area contributed by atoms with E-state index in [1.54, 1.807) is 20.2 Å². The summed E-state index contributed by atoms with van der Waals surface area (Å²) < 4.78 is 10.9. The lowest BCUT2D eigenvalue weighted by molar-refractivity contribution is 0.408. The monoisotopic (exact) mass is 266 g/mol. The van der Waals surface area contributed by atoms with Crippen molar-refractivity contribution < 1.29 is 9.15 Å². The van der Waals surface area contributed by atoms with Gasteiger partial charge in [0, 0.05) is 24.1 Å². The van der Waals surface area contributed by atoms with Crippen molar-refractivity contribution in [1.29, 1.82) is 0 Å². The van der Waals surface area contributed by atoms with E-state index in [-0.39, 0.29) is 0 Å². The molecule has 4 nitrogen and oxygen atoms in total. The zero-order valence-corrected chi connectivity index (χ0v) is 11.3. The molecule has 1 N–H and O–H groups in total. The fourth-order valence-corrected chi connectivity index (χ4v) is 1.95. The van der Waals surface area contributed by atoms with Gasteiger partial charge in [0.15, 0.2) is 0 Å². The molecule has 96 valence electrons. The molecule has 1 aromatic carbocycles. The van der Waals surface area contributed by atoms with Crippen molar-refractivity contribution in [2.75, 3.05) is 19.5 Å². The molecule has 0 saturated carbocycles. The second kappa shape index (κ2) is 5.31. The average Bonchev–Trinajstić information content (AvgIpc) is 2.71. The number of methoxy groups -OCH3 is 1. The van der Waals surface area contributed by atoms with Gasteiger partial charge in [-0.3, -0.25) is 0 Å². The van der Waals surface area contributed by atoms with Crippen molar-refractivity contribution in [3.05, 3.63) is 40.2 Å². The number of nitrogens with one attached hydrogen (secondary N) is 1. The van der Waals surface area contributed by atoms with Crippen LogP contribution in [0.5, 0.6) is 5.75 Å². The summed E-state index contributed by atoms with van der Waals surface area (Å²) in [6, 6.07) is 6.04. The number of hydrogen-bond acceptors (Lipinski definition) is 4. The molecule has 0 saturated heterocycles. The Hall–Kier alpha value is -1.68. The molecule has 5 heteroatoms. The fourth-order valence-electron chi connectivity index (χ4n) is 1.76. The molecule has 1 aromatic heterocycles. The third kappa shape index (κ3) is 2.59. The number of ether oxygens (including phenoxy) is 1. The Balaban J connectivity index is 2.32. The van der Waals surface area contributed by atoms with Gasteiger partial charge < -0.3 is 14.5 Å². The van der Waals surface area contributed by atoms with Crippen LogP contribution in [0.4, 0.5) is 6.01 Å². The van der Waals surface area contributed by atoms with E-state index < -0.39 is 0 Å². The summed E-state index contributed by atoms with van der Waals surface area (Å²) in [5.74, 6) is 1.60. The summed E-state index contributed by atoms with van der Waals surface area (Å²) in [6.45, 7) is 1.91. The molecule has 0 aliphatic heterocycles. The van der Waals surface area contributed by atoms with Crippen LogP contribution in [-0.4, -0.2) is 19.1 Å². The highest BCUT2D eigenvalue weighted by Gasteiger charge is 2.12. The van der Waals surface area contributed by atoms with Gasteiger partial charge in [0.2, 0.25) is 0 Å². The molecule has 0 bridgehead atoms. The minimum absolute atomic E-state index is 0.517. The van der Waals surface area contributed by atoms with Gasteiger partial charge in [-0.2, -0.15) is 4.98 Å². The summed E-state index contributed by atoms with van der Waals surface area (Å²) in [7, 11) is 3.41. The molecular weight excluding hydrogens is 252 g/mol. The molecular formula is C13H15ClN2O2. The lowest BCUT2D eigenvalue weighted by Crippen LogP contribution is -1.94. The van der Waals surface area contributed by atoms with Crippen LogP contribution in [0.3, 0.4) is 0 Å². The van der Waals surface area contributed by atoms with Crippen LogP contribution in [0.1, 0.15) is 17.0 Å². The topological polar surface area (TPSA) is 47.3 Å². The quantitative estimate of drug-likeness (QED) is 0.923. The highest BCUT2D eigenvalue weighted by molar-refractivity contribution is 6.30. The molecule has 2 aromatic rings. The van der Waals surface area contributed by atoms with Gasteiger partial charge in [-0.1, -0.05) is 11.6 Å². The van der Waals surface area contributed by atoms with Gasteiger partial charge in [-0.15, -0.1) is 0 Å². The van der Waals surface area contributed by atoms with E-state index in [1.807, 2.05) is 19.1 Å². The number of halogens is 1. The van der Waals surface area contributed by atoms with Crippen molar-refractivity contribution in [3.8, 4) is 5.75 Å². The Morgan fingerprint density at radius 3 is 2.83 bits per heavy atom. The molecule has 1 heterocycles. The molecule has 2 rings (SSSR count). The maximum atomic E-state index is 6.00. The molecule has 18 heavy (non-hydrogen) atoms. The standard InChI is InChI=1S/C13H15ClN2O2/c1-8-12(18-13(15-2)16-8)7-9-6-10(14)4-5-11(9)17-3/h4-6H,7H2,1-3H3,(H,15,16). The Labute approximate surface area is 111 Å². The lowest BCUT2D eigenvalue weighted by atomic mass is 10.1. The van der Waals surface area contributed by atoms with E-state index in [0.29, 0.717) is 17.5 Å². The summed E-state index contributed by atoms with van der Waals surface area (Å²) >= 11 is 6.00. The van der Waals surface area contributed by atoms with Crippen molar-refractivity contribution in [3.63, 3.8) is 0 Å². The van der Waals surface area contributed by atoms with Crippen LogP contribution < -0.4 is 10.1 Å². The first-order valence-corrected chi connectivity index (χ1v) is 5.98.